The first-order chi connectivity index (χ1) is 10.1. The normalized spacial score (nSPS) is 9.86. The highest BCUT2D eigenvalue weighted by atomic mass is 79.9. The lowest BCUT2D eigenvalue weighted by molar-refractivity contribution is 0.262. The van der Waals surface area contributed by atoms with E-state index in [1.807, 2.05) is 12.1 Å². The van der Waals surface area contributed by atoms with Gasteiger partial charge in [0.2, 0.25) is 0 Å². The quantitative estimate of drug-likeness (QED) is 0.872. The van der Waals surface area contributed by atoms with Crippen LogP contribution < -0.4 is 20.1 Å². The summed E-state index contributed by atoms with van der Waals surface area (Å²) in [6.07, 6.45) is 0. The molecule has 0 bridgehead atoms. The van der Waals surface area contributed by atoms with Gasteiger partial charge in [0.05, 0.1) is 14.2 Å². The van der Waals surface area contributed by atoms with E-state index in [0.717, 1.165) is 4.47 Å². The van der Waals surface area contributed by atoms with Gasteiger partial charge in [-0.05, 0) is 36.4 Å². The number of halogens is 1. The maximum absolute atomic E-state index is 11.9. The van der Waals surface area contributed by atoms with Crippen molar-refractivity contribution in [2.24, 2.45) is 0 Å². The Kier molecular flexibility index (Phi) is 5.05. The van der Waals surface area contributed by atoms with Gasteiger partial charge in [0.1, 0.15) is 0 Å². The number of hydrogen-bond acceptors (Lipinski definition) is 3. The standard InChI is InChI=1S/C15H15BrN2O3/c1-20-13-8-7-12(9-14(13)21-2)18-15(19)17-11-5-3-10(16)4-6-11/h3-9H,1-2H3,(H2,17,18,19). The van der Waals surface area contributed by atoms with Crippen molar-refractivity contribution in [1.82, 2.24) is 0 Å². The van der Waals surface area contributed by atoms with Gasteiger partial charge in [0.15, 0.2) is 11.5 Å². The van der Waals surface area contributed by atoms with Crippen LogP contribution in [0.2, 0.25) is 0 Å². The predicted molar refractivity (Wildman–Crippen MR) is 86.3 cm³/mol. The SMILES string of the molecule is COc1ccc(NC(=O)Nc2ccc(Br)cc2)cc1OC. The number of urea groups is 1. The molecule has 0 aliphatic carbocycles. The Morgan fingerprint density at radius 2 is 1.48 bits per heavy atom. The van der Waals surface area contributed by atoms with Gasteiger partial charge in [-0.15, -0.1) is 0 Å². The van der Waals surface area contributed by atoms with Gasteiger partial charge < -0.3 is 20.1 Å². The highest BCUT2D eigenvalue weighted by Gasteiger charge is 2.07. The van der Waals surface area contributed by atoms with Gasteiger partial charge in [0, 0.05) is 21.9 Å². The van der Waals surface area contributed by atoms with Crippen LogP contribution in [0.15, 0.2) is 46.9 Å². The lowest BCUT2D eigenvalue weighted by Gasteiger charge is -2.11. The minimum atomic E-state index is -0.329. The molecule has 2 amide bonds. The molecule has 0 radical (unpaired) electrons. The van der Waals surface area contributed by atoms with Crippen molar-refractivity contribution in [3.63, 3.8) is 0 Å². The van der Waals surface area contributed by atoms with E-state index in [-0.39, 0.29) is 6.03 Å². The average molecular weight is 351 g/mol. The van der Waals surface area contributed by atoms with Gasteiger partial charge in [-0.2, -0.15) is 0 Å². The Bertz CT molecular complexity index is 629. The third-order valence-corrected chi connectivity index (χ3v) is 3.27. The second-order valence-electron chi connectivity index (χ2n) is 4.16. The fraction of sp³-hybridized carbons (Fsp3) is 0.133. The van der Waals surface area contributed by atoms with Gasteiger partial charge in [-0.1, -0.05) is 15.9 Å². The molecule has 0 unspecified atom stereocenters. The van der Waals surface area contributed by atoms with Crippen LogP contribution in [0, 0.1) is 0 Å². The minimum absolute atomic E-state index is 0.329. The molecule has 0 saturated heterocycles. The second-order valence-corrected chi connectivity index (χ2v) is 5.07. The molecule has 6 heteroatoms. The molecule has 2 N–H and O–H groups in total. The first-order valence-electron chi connectivity index (χ1n) is 6.18. The lowest BCUT2D eigenvalue weighted by atomic mass is 10.2. The zero-order valence-electron chi connectivity index (χ0n) is 11.6. The summed E-state index contributed by atoms with van der Waals surface area (Å²) in [6, 6.07) is 12.1. The molecule has 2 aromatic rings. The van der Waals surface area contributed by atoms with Gasteiger partial charge in [-0.3, -0.25) is 0 Å². The molecule has 21 heavy (non-hydrogen) atoms. The molecule has 0 aliphatic heterocycles. The molecule has 0 spiro atoms. The van der Waals surface area contributed by atoms with Crippen molar-refractivity contribution >= 4 is 33.3 Å². The first kappa shape index (κ1) is 15.2. The molecule has 2 rings (SSSR count). The van der Waals surface area contributed by atoms with Crippen molar-refractivity contribution in [3.8, 4) is 11.5 Å². The summed E-state index contributed by atoms with van der Waals surface area (Å²) in [5.74, 6) is 1.16. The van der Waals surface area contributed by atoms with E-state index in [4.69, 9.17) is 9.47 Å². The topological polar surface area (TPSA) is 59.6 Å². The first-order valence-corrected chi connectivity index (χ1v) is 6.97. The van der Waals surface area contributed by atoms with Crippen LogP contribution in [0.25, 0.3) is 0 Å². The van der Waals surface area contributed by atoms with Crippen LogP contribution in [-0.2, 0) is 0 Å². The summed E-state index contributed by atoms with van der Waals surface area (Å²) in [7, 11) is 3.11. The van der Waals surface area contributed by atoms with Crippen LogP contribution in [0.1, 0.15) is 0 Å². The largest absolute Gasteiger partial charge is 0.493 e. The smallest absolute Gasteiger partial charge is 0.323 e. The van der Waals surface area contributed by atoms with Crippen molar-refractivity contribution < 1.29 is 14.3 Å². The fourth-order valence-electron chi connectivity index (χ4n) is 1.74. The van der Waals surface area contributed by atoms with Gasteiger partial charge in [-0.25, -0.2) is 4.79 Å². The minimum Gasteiger partial charge on any atom is -0.493 e. The molecule has 0 fully saturated rings. The molecule has 0 heterocycles. The van der Waals surface area contributed by atoms with Crippen molar-refractivity contribution in [2.75, 3.05) is 24.9 Å². The van der Waals surface area contributed by atoms with E-state index in [0.29, 0.717) is 22.9 Å². The molecule has 0 aliphatic rings. The number of hydrogen-bond donors (Lipinski definition) is 2. The fourth-order valence-corrected chi connectivity index (χ4v) is 2.00. The Morgan fingerprint density at radius 1 is 0.905 bits per heavy atom. The third kappa shape index (κ3) is 4.13. The zero-order chi connectivity index (χ0) is 15.2. The van der Waals surface area contributed by atoms with E-state index in [2.05, 4.69) is 26.6 Å². The number of methoxy groups -OCH3 is 2. The molecular formula is C15H15BrN2O3. The highest BCUT2D eigenvalue weighted by Crippen LogP contribution is 2.29. The van der Waals surface area contributed by atoms with Crippen LogP contribution in [0.3, 0.4) is 0 Å². The number of rotatable bonds is 4. The maximum Gasteiger partial charge on any atom is 0.323 e. The van der Waals surface area contributed by atoms with E-state index in [9.17, 15) is 4.79 Å². The lowest BCUT2D eigenvalue weighted by Crippen LogP contribution is -2.19. The summed E-state index contributed by atoms with van der Waals surface area (Å²) in [6.45, 7) is 0. The van der Waals surface area contributed by atoms with Gasteiger partial charge >= 0.3 is 6.03 Å². The van der Waals surface area contributed by atoms with Gasteiger partial charge in [0.25, 0.3) is 0 Å². The van der Waals surface area contributed by atoms with Crippen molar-refractivity contribution in [1.29, 1.82) is 0 Å². The Labute approximate surface area is 131 Å². The summed E-state index contributed by atoms with van der Waals surface area (Å²) < 4.78 is 11.3. The number of carbonyl (C=O) groups excluding carboxylic acids is 1. The van der Waals surface area contributed by atoms with E-state index < -0.39 is 0 Å². The molecule has 2 aromatic carbocycles. The summed E-state index contributed by atoms with van der Waals surface area (Å²) in [4.78, 5) is 11.9. The monoisotopic (exact) mass is 350 g/mol. The van der Waals surface area contributed by atoms with Crippen molar-refractivity contribution in [2.45, 2.75) is 0 Å². The van der Waals surface area contributed by atoms with Crippen LogP contribution in [0.5, 0.6) is 11.5 Å². The number of nitrogens with one attached hydrogen (secondary N) is 2. The van der Waals surface area contributed by atoms with Crippen LogP contribution >= 0.6 is 15.9 Å². The Hall–Kier alpha value is -2.21. The molecule has 0 saturated carbocycles. The maximum atomic E-state index is 11.9. The number of benzene rings is 2. The van der Waals surface area contributed by atoms with Crippen molar-refractivity contribution in [3.05, 3.63) is 46.9 Å². The van der Waals surface area contributed by atoms with E-state index in [1.54, 1.807) is 44.6 Å². The number of amides is 2. The third-order valence-electron chi connectivity index (χ3n) is 2.74. The predicted octanol–water partition coefficient (Wildman–Crippen LogP) is 4.11. The molecule has 110 valence electrons. The molecular weight excluding hydrogens is 336 g/mol. The number of ether oxygens (including phenoxy) is 2. The molecule has 0 atom stereocenters. The molecule has 0 aromatic heterocycles. The summed E-state index contributed by atoms with van der Waals surface area (Å²) >= 11 is 3.34. The highest BCUT2D eigenvalue weighted by molar-refractivity contribution is 9.10. The molecule has 5 nitrogen and oxygen atoms in total. The Morgan fingerprint density at radius 3 is 2.10 bits per heavy atom. The van der Waals surface area contributed by atoms with E-state index in [1.165, 1.54) is 0 Å². The summed E-state index contributed by atoms with van der Waals surface area (Å²) in [5.41, 5.74) is 1.32. The number of anilines is 2. The Balaban J connectivity index is 2.04. The number of carbonyl (C=O) groups is 1. The summed E-state index contributed by atoms with van der Waals surface area (Å²) in [5, 5.41) is 5.47. The van der Waals surface area contributed by atoms with Crippen LogP contribution in [-0.4, -0.2) is 20.3 Å². The average Bonchev–Trinajstić information content (AvgIpc) is 2.49. The second kappa shape index (κ2) is 6.99. The van der Waals surface area contributed by atoms with Crippen LogP contribution in [0.4, 0.5) is 16.2 Å². The van der Waals surface area contributed by atoms with E-state index >= 15 is 0 Å². The zero-order valence-corrected chi connectivity index (χ0v) is 13.2.